The molecule has 3 N–H and O–H groups in total. The standard InChI is InChI=1S/C28H26N3.C21H15N.2C21H14N.C19H12N.C11H20O2.2C5H8O2.4Ir/c1-19-9-8-10-20(2)27(19)26-18-29-28-23-12-5-4-11-22(23)24-17-21(13-14-25(24)31(26)28)30-15-6-3-7-16-30;3*1-2-6-16(7-3-1)17-10-12-19(13-11-17)21-15-14-18-8-4-5-9-20(18)22-21;1-2-7-16-13-17(10-9-14(16)5-1)19-12-11-15-6-3-4-8-18(15)20-19;1-10(2,3)8(12)7-9(13)11(4,5)6;2*1-4(6)3-5(2)7;;;;/h4-5,8-11,13-14,17-18H,3,6-7,15-16H2,1-2H3;1-15H;2*1-12,14-15H;1-9,11-13H;7,12H,1-6H3;2*3,6H,1-2H3;;;;/q-1;;3*-1;;;;;;;. The normalized spacial score (nSPS) is 11.7. The number of hydrogen-bond acceptors (Lipinski definition) is 12. The van der Waals surface area contributed by atoms with Crippen LogP contribution in [0.2, 0.25) is 0 Å². The number of pyridine rings is 5. The number of para-hydroxylation sites is 4. The van der Waals surface area contributed by atoms with Gasteiger partial charge in [0.2, 0.25) is 0 Å². The van der Waals surface area contributed by atoms with Crippen LogP contribution in [0.15, 0.2) is 430 Å². The Labute approximate surface area is 922 Å². The average Bonchev–Trinajstić information content (AvgIpc) is 1.58. The van der Waals surface area contributed by atoms with Crippen LogP contribution in [-0.4, -0.2) is 75.1 Å². The smallest absolute Gasteiger partial charge is 0.164 e. The van der Waals surface area contributed by atoms with Gasteiger partial charge in [-0.1, -0.05) is 348 Å². The molecule has 1 aliphatic heterocycles. The SMILES string of the molecule is CC(=O)C=C(C)O.CC(=O)C=C(C)O.CC(C)(C)C(=O)C=C(O)C(C)(C)C.Cc1cccc(C)c1-c1cnc2c3[c-]cccc3c3cc(N4CCCCC4)ccc3n12.[Ir].[Ir].[Ir].[Ir].[c-]1cc(-c2ccccc2)ccc1-c1ccc2ccccc2n1.[c-]1cc(-c2ccccc2)ccc1-c1ccc2ccccc2n1.[c-]1cc2ccccc2cc1-c1ccc2ccccc2n1.c1ccc(-c2ccc(-c3ccc4ccccc4n3)cc2)cc1. The van der Waals surface area contributed by atoms with Crippen LogP contribution in [0.25, 0.3) is 171 Å². The number of imidazole rings is 1. The van der Waals surface area contributed by atoms with E-state index < -0.39 is 5.41 Å². The Bertz CT molecular complexity index is 7650. The third-order valence-corrected chi connectivity index (χ3v) is 24.4. The third kappa shape index (κ3) is 30.6. The van der Waals surface area contributed by atoms with Crippen LogP contribution in [0.5, 0.6) is 0 Å². The number of carbonyl (C=O) groups is 3. The van der Waals surface area contributed by atoms with Gasteiger partial charge in [0.15, 0.2) is 17.3 Å². The first-order valence-corrected chi connectivity index (χ1v) is 48.5. The van der Waals surface area contributed by atoms with Gasteiger partial charge in [-0.2, -0.15) is 0 Å². The number of aliphatic hydroxyl groups excluding tert-OH is 3. The Hall–Kier alpha value is -14.6. The van der Waals surface area contributed by atoms with E-state index in [-0.39, 0.29) is 120 Å². The van der Waals surface area contributed by atoms with Crippen molar-refractivity contribution < 1.29 is 110 Å². The summed E-state index contributed by atoms with van der Waals surface area (Å²) in [4.78, 5) is 57.8. The molecule has 21 aromatic rings. The van der Waals surface area contributed by atoms with Crippen LogP contribution >= 0.6 is 0 Å². The molecule has 148 heavy (non-hydrogen) atoms. The van der Waals surface area contributed by atoms with Crippen LogP contribution in [-0.2, 0) is 94.8 Å². The summed E-state index contributed by atoms with van der Waals surface area (Å²) in [5.74, 6) is -0.0210. The zero-order chi connectivity index (χ0) is 101. The van der Waals surface area contributed by atoms with Crippen molar-refractivity contribution in [1.29, 1.82) is 0 Å². The number of rotatable bonds is 12. The molecule has 0 atom stereocenters. The Kier molecular flexibility index (Phi) is 41.7. The topological polar surface area (TPSA) is 184 Å². The Balaban J connectivity index is 0.000000165. The molecule has 22 rings (SSSR count). The summed E-state index contributed by atoms with van der Waals surface area (Å²) in [7, 11) is 0. The maximum absolute atomic E-state index is 11.5. The first-order valence-electron chi connectivity index (χ1n) is 48.5. The molecular formula is C131H117Ir4N7O6-4. The minimum atomic E-state index is -0.417. The number of anilines is 1. The van der Waals surface area contributed by atoms with E-state index in [9.17, 15) is 19.5 Å². The number of piperidine rings is 1. The van der Waals surface area contributed by atoms with Crippen molar-refractivity contribution in [3.63, 3.8) is 0 Å². The first kappa shape index (κ1) is 114. The molecule has 6 aromatic heterocycles. The van der Waals surface area contributed by atoms with Crippen molar-refractivity contribution >= 4 is 105 Å². The van der Waals surface area contributed by atoms with Crippen LogP contribution in [0.3, 0.4) is 0 Å². The van der Waals surface area contributed by atoms with E-state index in [1.165, 1.54) is 153 Å². The molecule has 4 radical (unpaired) electrons. The van der Waals surface area contributed by atoms with Crippen LogP contribution in [0, 0.1) is 48.9 Å². The second-order valence-electron chi connectivity index (χ2n) is 37.7. The Morgan fingerprint density at radius 3 is 1.16 bits per heavy atom. The summed E-state index contributed by atoms with van der Waals surface area (Å²) in [5.41, 5.74) is 27.1. The van der Waals surface area contributed by atoms with Crippen LogP contribution in [0.1, 0.15) is 99.6 Å². The van der Waals surface area contributed by atoms with Crippen molar-refractivity contribution in [2.45, 2.75) is 102 Å². The summed E-state index contributed by atoms with van der Waals surface area (Å²) < 4.78 is 2.34. The van der Waals surface area contributed by atoms with Gasteiger partial charge in [0.1, 0.15) is 5.76 Å². The third-order valence-electron chi connectivity index (χ3n) is 24.4. The van der Waals surface area contributed by atoms with Crippen molar-refractivity contribution in [1.82, 2.24) is 29.3 Å². The predicted octanol–water partition coefficient (Wildman–Crippen LogP) is 33.0. The second-order valence-corrected chi connectivity index (χ2v) is 37.7. The number of hydrogen-bond donors (Lipinski definition) is 3. The van der Waals surface area contributed by atoms with Crippen LogP contribution in [0.4, 0.5) is 5.69 Å². The fourth-order valence-electron chi connectivity index (χ4n) is 16.8. The van der Waals surface area contributed by atoms with Crippen molar-refractivity contribution in [3.05, 3.63) is 465 Å². The van der Waals surface area contributed by atoms with E-state index in [0.29, 0.717) is 0 Å². The van der Waals surface area contributed by atoms with Gasteiger partial charge < -0.3 is 24.6 Å². The monoisotopic (exact) mass is 2660 g/mol. The van der Waals surface area contributed by atoms with Gasteiger partial charge in [0, 0.05) is 156 Å². The number of carbonyl (C=O) groups excluding carboxylic acids is 3. The zero-order valence-corrected chi connectivity index (χ0v) is 94.4. The zero-order valence-electron chi connectivity index (χ0n) is 84.8. The van der Waals surface area contributed by atoms with Gasteiger partial charge in [-0.3, -0.25) is 34.3 Å². The summed E-state index contributed by atoms with van der Waals surface area (Å²) in [6, 6.07) is 147. The van der Waals surface area contributed by atoms with Gasteiger partial charge in [-0.25, -0.2) is 4.98 Å². The minimum absolute atomic E-state index is 0. The number of fused-ring (bicyclic) bond motifs is 11. The number of allylic oxidation sites excluding steroid dienone is 6. The molecule has 0 spiro atoms. The number of nitrogens with zero attached hydrogens (tertiary/aromatic N) is 7. The van der Waals surface area contributed by atoms with Gasteiger partial charge in [0.05, 0.1) is 50.6 Å². The fraction of sp³-hybridized carbons (Fsp3) is 0.145. The van der Waals surface area contributed by atoms with Crippen molar-refractivity contribution in [2.75, 3.05) is 18.0 Å². The molecule has 0 amide bonds. The Morgan fingerprint density at radius 2 is 0.730 bits per heavy atom. The molecule has 0 aliphatic carbocycles. The molecule has 0 saturated carbocycles. The first-order chi connectivity index (χ1) is 69.6. The summed E-state index contributed by atoms with van der Waals surface area (Å²) >= 11 is 0. The van der Waals surface area contributed by atoms with E-state index >= 15 is 0 Å². The van der Waals surface area contributed by atoms with E-state index in [1.807, 2.05) is 187 Å². The molecule has 1 fully saturated rings. The summed E-state index contributed by atoms with van der Waals surface area (Å²) in [5, 5.41) is 36.9. The molecule has 0 bridgehead atoms. The van der Waals surface area contributed by atoms with Gasteiger partial charge >= 0.3 is 0 Å². The fourth-order valence-corrected chi connectivity index (χ4v) is 16.8. The maximum atomic E-state index is 11.5. The Morgan fingerprint density at radius 1 is 0.338 bits per heavy atom. The van der Waals surface area contributed by atoms with Gasteiger partial charge in [-0.15, -0.1) is 118 Å². The molecule has 17 heteroatoms. The van der Waals surface area contributed by atoms with Gasteiger partial charge in [0.25, 0.3) is 0 Å². The van der Waals surface area contributed by atoms with Crippen molar-refractivity contribution in [2.24, 2.45) is 10.8 Å². The molecule has 752 valence electrons. The number of benzene rings is 15. The molecule has 1 saturated heterocycles. The quantitative estimate of drug-likeness (QED) is 0.0456. The number of aliphatic hydroxyl groups is 3. The average molecular weight is 2650 g/mol. The number of ketones is 3. The van der Waals surface area contributed by atoms with Gasteiger partial charge in [-0.05, 0) is 170 Å². The molecular weight excluding hydrogens is 2540 g/mol. The maximum Gasteiger partial charge on any atom is 0.164 e. The summed E-state index contributed by atoms with van der Waals surface area (Å²) in [6.45, 7) is 23.5. The minimum Gasteiger partial charge on any atom is -0.512 e. The van der Waals surface area contributed by atoms with E-state index in [0.717, 1.165) is 113 Å². The molecule has 7 heterocycles. The number of aryl methyl sites for hydroxylation is 2. The van der Waals surface area contributed by atoms with E-state index in [4.69, 9.17) is 35.1 Å². The van der Waals surface area contributed by atoms with Crippen molar-refractivity contribution in [3.8, 4) is 89.7 Å². The molecule has 13 nitrogen and oxygen atoms in total. The molecule has 0 unspecified atom stereocenters. The largest absolute Gasteiger partial charge is 0.512 e. The van der Waals surface area contributed by atoms with Crippen LogP contribution < -0.4 is 4.90 Å². The van der Waals surface area contributed by atoms with E-state index in [2.05, 4.69) is 296 Å². The molecule has 15 aromatic carbocycles. The summed E-state index contributed by atoms with van der Waals surface area (Å²) in [6.07, 6.45) is 9.60. The molecule has 1 aliphatic rings. The number of aromatic nitrogens is 6. The second kappa shape index (κ2) is 54.2. The predicted molar refractivity (Wildman–Crippen MR) is 598 cm³/mol. The van der Waals surface area contributed by atoms with E-state index in [1.54, 1.807) is 0 Å².